The van der Waals surface area contributed by atoms with Crippen molar-refractivity contribution in [2.24, 2.45) is 0 Å². The molecule has 2 rings (SSSR count). The third-order valence-corrected chi connectivity index (χ3v) is 4.44. The summed E-state index contributed by atoms with van der Waals surface area (Å²) < 4.78 is 5.29. The second-order valence-electron chi connectivity index (χ2n) is 6.65. The second-order valence-corrected chi connectivity index (χ2v) is 6.65. The molecule has 0 bridgehead atoms. The van der Waals surface area contributed by atoms with Gasteiger partial charge in [0.2, 0.25) is 0 Å². The number of para-hydroxylation sites is 1. The summed E-state index contributed by atoms with van der Waals surface area (Å²) in [5, 5.41) is 48.0. The molecule has 2 aromatic rings. The molecule has 0 radical (unpaired) electrons. The van der Waals surface area contributed by atoms with Crippen LogP contribution in [-0.4, -0.2) is 76.1 Å². The molecule has 158 valence electrons. The highest BCUT2D eigenvalue weighted by Crippen LogP contribution is 2.23. The van der Waals surface area contributed by atoms with Gasteiger partial charge >= 0.3 is 5.97 Å². The Labute approximate surface area is 168 Å². The molecule has 7 N–H and O–H groups in total. The van der Waals surface area contributed by atoms with Crippen LogP contribution in [0.15, 0.2) is 48.5 Å². The highest BCUT2D eigenvalue weighted by molar-refractivity contribution is 5.97. The van der Waals surface area contributed by atoms with Crippen molar-refractivity contribution in [3.05, 3.63) is 54.1 Å². The zero-order valence-corrected chi connectivity index (χ0v) is 15.9. The number of rotatable bonds is 9. The third-order valence-electron chi connectivity index (χ3n) is 4.44. The summed E-state index contributed by atoms with van der Waals surface area (Å²) in [5.74, 6) is -0.281. The number of nitrogen functional groups attached to an aromatic ring is 1. The van der Waals surface area contributed by atoms with Crippen LogP contribution < -0.4 is 15.4 Å². The van der Waals surface area contributed by atoms with E-state index < -0.39 is 37.0 Å². The van der Waals surface area contributed by atoms with E-state index in [-0.39, 0.29) is 17.8 Å². The number of anilines is 2. The maximum atomic E-state index is 12.4. The first-order valence-corrected chi connectivity index (χ1v) is 8.95. The molecule has 0 spiro atoms. The molecule has 0 heterocycles. The van der Waals surface area contributed by atoms with Gasteiger partial charge in [-0.3, -0.25) is 0 Å². The van der Waals surface area contributed by atoms with Crippen molar-refractivity contribution >= 4 is 17.3 Å². The lowest BCUT2D eigenvalue weighted by molar-refractivity contribution is -0.112. The Morgan fingerprint density at radius 2 is 1.66 bits per heavy atom. The van der Waals surface area contributed by atoms with Crippen molar-refractivity contribution < 1.29 is 35.1 Å². The predicted molar refractivity (Wildman–Crippen MR) is 107 cm³/mol. The number of nitrogens with two attached hydrogens (primary N) is 1. The fraction of sp³-hybridized carbons (Fsp3) is 0.350. The standard InChI is InChI=1S/C20H26N2O7/c1-22(10-16(24)18(26)19(27)17(25)11-23)12-7-8-15(21)14(9-12)20(28)29-13-5-3-2-4-6-13/h2-9,16-19,23-27H,10-11,21H2,1H3. The number of carbonyl (C=O) groups excluding carboxylic acids is 1. The molecule has 0 aliphatic rings. The maximum absolute atomic E-state index is 12.4. The lowest BCUT2D eigenvalue weighted by Gasteiger charge is -2.29. The van der Waals surface area contributed by atoms with Crippen LogP contribution in [0.4, 0.5) is 11.4 Å². The minimum absolute atomic E-state index is 0.129. The third kappa shape index (κ3) is 5.89. The molecule has 0 saturated carbocycles. The fourth-order valence-corrected chi connectivity index (χ4v) is 2.67. The molecule has 4 unspecified atom stereocenters. The fourth-order valence-electron chi connectivity index (χ4n) is 2.67. The predicted octanol–water partition coefficient (Wildman–Crippen LogP) is -0.640. The van der Waals surface area contributed by atoms with Gasteiger partial charge in [0.1, 0.15) is 24.1 Å². The number of nitrogens with zero attached hydrogens (tertiary/aromatic N) is 1. The van der Waals surface area contributed by atoms with Gasteiger partial charge in [0.25, 0.3) is 0 Å². The Morgan fingerprint density at radius 3 is 2.28 bits per heavy atom. The molecule has 29 heavy (non-hydrogen) atoms. The first-order valence-electron chi connectivity index (χ1n) is 8.95. The van der Waals surface area contributed by atoms with Crippen molar-refractivity contribution in [2.45, 2.75) is 24.4 Å². The Bertz CT molecular complexity index is 803. The van der Waals surface area contributed by atoms with Gasteiger partial charge < -0.3 is 40.9 Å². The van der Waals surface area contributed by atoms with Gasteiger partial charge in [-0.05, 0) is 30.3 Å². The average molecular weight is 406 g/mol. The summed E-state index contributed by atoms with van der Waals surface area (Å²) in [6, 6.07) is 13.1. The Hall–Kier alpha value is -2.69. The molecule has 9 nitrogen and oxygen atoms in total. The van der Waals surface area contributed by atoms with Gasteiger partial charge in [0.15, 0.2) is 0 Å². The number of aliphatic hydroxyl groups excluding tert-OH is 5. The number of likely N-dealkylation sites (N-methyl/N-ethyl adjacent to an activating group) is 1. The molecule has 0 saturated heterocycles. The molecule has 0 amide bonds. The van der Waals surface area contributed by atoms with E-state index in [1.165, 1.54) is 17.0 Å². The van der Waals surface area contributed by atoms with Gasteiger partial charge in [-0.25, -0.2) is 4.79 Å². The first kappa shape index (κ1) is 22.6. The summed E-state index contributed by atoms with van der Waals surface area (Å²) in [6.07, 6.45) is -6.42. The number of hydrogen-bond donors (Lipinski definition) is 6. The summed E-state index contributed by atoms with van der Waals surface area (Å²) >= 11 is 0. The van der Waals surface area contributed by atoms with Crippen LogP contribution in [0, 0.1) is 0 Å². The Morgan fingerprint density at radius 1 is 1.03 bits per heavy atom. The summed E-state index contributed by atoms with van der Waals surface area (Å²) in [6.45, 7) is -0.890. The van der Waals surface area contributed by atoms with Crippen LogP contribution in [0.2, 0.25) is 0 Å². The van der Waals surface area contributed by atoms with Crippen LogP contribution in [-0.2, 0) is 0 Å². The lowest BCUT2D eigenvalue weighted by Crippen LogP contribution is -2.49. The van der Waals surface area contributed by atoms with Crippen LogP contribution in [0.25, 0.3) is 0 Å². The molecule has 0 aliphatic heterocycles. The van der Waals surface area contributed by atoms with E-state index >= 15 is 0 Å². The molecule has 9 heteroatoms. The SMILES string of the molecule is CN(CC(O)C(O)C(O)C(O)CO)c1ccc(N)c(C(=O)Oc2ccccc2)c1. The van der Waals surface area contributed by atoms with Crippen molar-refractivity contribution in [3.63, 3.8) is 0 Å². The highest BCUT2D eigenvalue weighted by atomic mass is 16.5. The van der Waals surface area contributed by atoms with E-state index in [4.69, 9.17) is 15.6 Å². The van der Waals surface area contributed by atoms with E-state index in [1.807, 2.05) is 0 Å². The van der Waals surface area contributed by atoms with Gasteiger partial charge in [-0.15, -0.1) is 0 Å². The highest BCUT2D eigenvalue weighted by Gasteiger charge is 2.30. The number of benzene rings is 2. The van der Waals surface area contributed by atoms with E-state index in [2.05, 4.69) is 0 Å². The molecule has 2 aromatic carbocycles. The first-order chi connectivity index (χ1) is 13.7. The monoisotopic (exact) mass is 406 g/mol. The maximum Gasteiger partial charge on any atom is 0.345 e. The Kier molecular flexibility index (Phi) is 7.94. The quantitative estimate of drug-likeness (QED) is 0.181. The smallest absolute Gasteiger partial charge is 0.345 e. The van der Waals surface area contributed by atoms with Crippen molar-refractivity contribution in [3.8, 4) is 5.75 Å². The van der Waals surface area contributed by atoms with Crippen LogP contribution in [0.1, 0.15) is 10.4 Å². The van der Waals surface area contributed by atoms with Crippen molar-refractivity contribution in [1.82, 2.24) is 0 Å². The van der Waals surface area contributed by atoms with E-state index in [9.17, 15) is 25.2 Å². The van der Waals surface area contributed by atoms with Gasteiger partial charge in [0.05, 0.1) is 18.3 Å². The number of ether oxygens (including phenoxy) is 1. The van der Waals surface area contributed by atoms with Crippen molar-refractivity contribution in [2.75, 3.05) is 30.8 Å². The summed E-state index contributed by atoms with van der Waals surface area (Å²) in [4.78, 5) is 14.0. The zero-order chi connectivity index (χ0) is 21.6. The van der Waals surface area contributed by atoms with E-state index in [0.29, 0.717) is 11.4 Å². The lowest BCUT2D eigenvalue weighted by atomic mass is 10.0. The summed E-state index contributed by atoms with van der Waals surface area (Å²) in [7, 11) is 1.60. The van der Waals surface area contributed by atoms with E-state index in [1.54, 1.807) is 43.4 Å². The van der Waals surface area contributed by atoms with Crippen LogP contribution in [0.5, 0.6) is 5.75 Å². The molecular weight excluding hydrogens is 380 g/mol. The molecule has 0 aromatic heterocycles. The van der Waals surface area contributed by atoms with Gasteiger partial charge in [0, 0.05) is 25.0 Å². The largest absolute Gasteiger partial charge is 0.423 e. The molecule has 4 atom stereocenters. The minimum Gasteiger partial charge on any atom is -0.423 e. The van der Waals surface area contributed by atoms with Crippen LogP contribution in [0.3, 0.4) is 0 Å². The van der Waals surface area contributed by atoms with Gasteiger partial charge in [-0.1, -0.05) is 18.2 Å². The van der Waals surface area contributed by atoms with Crippen LogP contribution >= 0.6 is 0 Å². The normalized spacial score (nSPS) is 15.2. The zero-order valence-electron chi connectivity index (χ0n) is 15.9. The number of aliphatic hydroxyl groups is 5. The minimum atomic E-state index is -1.72. The number of esters is 1. The number of hydrogen-bond acceptors (Lipinski definition) is 9. The van der Waals surface area contributed by atoms with Gasteiger partial charge in [-0.2, -0.15) is 0 Å². The summed E-state index contributed by atoms with van der Waals surface area (Å²) in [5.41, 5.74) is 6.73. The number of carbonyl (C=O) groups is 1. The van der Waals surface area contributed by atoms with E-state index in [0.717, 1.165) is 0 Å². The Balaban J connectivity index is 2.10. The second kappa shape index (κ2) is 10.2. The average Bonchev–Trinajstić information content (AvgIpc) is 2.72. The van der Waals surface area contributed by atoms with Crippen molar-refractivity contribution in [1.29, 1.82) is 0 Å². The molecule has 0 fully saturated rings. The molecule has 0 aliphatic carbocycles. The molecular formula is C20H26N2O7. The topological polar surface area (TPSA) is 157 Å².